The van der Waals surface area contributed by atoms with Crippen LogP contribution in [0.15, 0.2) is 0 Å². The number of aliphatic carboxylic acids is 3. The summed E-state index contributed by atoms with van der Waals surface area (Å²) in [6.45, 7) is 0. The molecule has 0 saturated heterocycles. The molecule has 0 amide bonds. The highest BCUT2D eigenvalue weighted by Crippen LogP contribution is 2.13. The molecule has 0 aliphatic heterocycles. The highest BCUT2D eigenvalue weighted by Gasteiger charge is 2.35. The number of carboxylic acid groups (broad SMARTS) is 3. The molecule has 5 N–H and O–H groups in total. The Morgan fingerprint density at radius 1 is 0.867 bits per heavy atom. The van der Waals surface area contributed by atoms with E-state index >= 15 is 0 Å². The first-order valence-corrected chi connectivity index (χ1v) is 3.82. The molecule has 0 aromatic heterocycles. The monoisotopic (exact) mass is 222 g/mol. The van der Waals surface area contributed by atoms with E-state index in [0.29, 0.717) is 0 Å². The van der Waals surface area contributed by atoms with E-state index in [9.17, 15) is 14.4 Å². The lowest BCUT2D eigenvalue weighted by Gasteiger charge is -2.16. The van der Waals surface area contributed by atoms with Crippen molar-refractivity contribution in [2.45, 2.75) is 18.6 Å². The van der Waals surface area contributed by atoms with E-state index in [0.717, 1.165) is 0 Å². The number of aliphatic hydroxyl groups excluding tert-OH is 2. The molecule has 3 unspecified atom stereocenters. The zero-order valence-electron chi connectivity index (χ0n) is 7.40. The fourth-order valence-electron chi connectivity index (χ4n) is 0.878. The normalized spacial score (nSPS) is 16.4. The number of carbonyl (C=O) groups is 3. The van der Waals surface area contributed by atoms with Crippen LogP contribution >= 0.6 is 0 Å². The van der Waals surface area contributed by atoms with Gasteiger partial charge in [0.1, 0.15) is 0 Å². The predicted octanol–water partition coefficient (Wildman–Crippen LogP) is -2.03. The van der Waals surface area contributed by atoms with Gasteiger partial charge in [-0.1, -0.05) is 0 Å². The Bertz CT molecular complexity index is 272. The summed E-state index contributed by atoms with van der Waals surface area (Å²) in [5, 5.41) is 42.8. The summed E-state index contributed by atoms with van der Waals surface area (Å²) in [5.41, 5.74) is 0. The molecule has 0 rings (SSSR count). The van der Waals surface area contributed by atoms with Crippen LogP contribution in [0.2, 0.25) is 0 Å². The van der Waals surface area contributed by atoms with Gasteiger partial charge in [0, 0.05) is 6.42 Å². The molecule has 0 fully saturated rings. The summed E-state index contributed by atoms with van der Waals surface area (Å²) in [5.74, 6) is -7.03. The molecule has 0 aromatic carbocycles. The molecule has 3 atom stereocenters. The molecule has 0 aliphatic rings. The van der Waals surface area contributed by atoms with Gasteiger partial charge < -0.3 is 25.5 Å². The van der Waals surface area contributed by atoms with Crippen LogP contribution in [-0.4, -0.2) is 55.6 Å². The van der Waals surface area contributed by atoms with E-state index in [1.54, 1.807) is 0 Å². The predicted molar refractivity (Wildman–Crippen MR) is 43.0 cm³/mol. The second kappa shape index (κ2) is 5.27. The van der Waals surface area contributed by atoms with Crippen molar-refractivity contribution in [1.29, 1.82) is 0 Å². The van der Waals surface area contributed by atoms with Crippen LogP contribution in [0.4, 0.5) is 0 Å². The average Bonchev–Trinajstić information content (AvgIpc) is 2.11. The van der Waals surface area contributed by atoms with Crippen LogP contribution < -0.4 is 0 Å². The quantitative estimate of drug-likeness (QED) is 0.345. The van der Waals surface area contributed by atoms with Gasteiger partial charge in [0.15, 0.2) is 12.2 Å². The van der Waals surface area contributed by atoms with Crippen molar-refractivity contribution in [2.75, 3.05) is 0 Å². The lowest BCUT2D eigenvalue weighted by Crippen LogP contribution is -2.38. The molecular formula is C7H10O8. The van der Waals surface area contributed by atoms with Gasteiger partial charge >= 0.3 is 17.9 Å². The first kappa shape index (κ1) is 13.3. The van der Waals surface area contributed by atoms with Gasteiger partial charge in [0.25, 0.3) is 0 Å². The van der Waals surface area contributed by atoms with E-state index in [2.05, 4.69) is 0 Å². The molecule has 8 nitrogen and oxygen atoms in total. The molecule has 0 heterocycles. The number of aliphatic hydroxyl groups is 2. The second-order valence-corrected chi connectivity index (χ2v) is 2.82. The van der Waals surface area contributed by atoms with Gasteiger partial charge in [0.2, 0.25) is 0 Å². The van der Waals surface area contributed by atoms with Crippen molar-refractivity contribution in [3.63, 3.8) is 0 Å². The maximum absolute atomic E-state index is 10.5. The van der Waals surface area contributed by atoms with Gasteiger partial charge in [-0.05, 0) is 0 Å². The number of rotatable bonds is 6. The molecule has 0 aromatic rings. The first-order chi connectivity index (χ1) is 6.77. The topological polar surface area (TPSA) is 152 Å². The minimum Gasteiger partial charge on any atom is -0.481 e. The van der Waals surface area contributed by atoms with Crippen LogP contribution in [-0.2, 0) is 14.4 Å². The van der Waals surface area contributed by atoms with Gasteiger partial charge in [-0.15, -0.1) is 0 Å². The van der Waals surface area contributed by atoms with Gasteiger partial charge in [-0.2, -0.15) is 0 Å². The summed E-state index contributed by atoms with van der Waals surface area (Å²) >= 11 is 0. The fraction of sp³-hybridized carbons (Fsp3) is 0.571. The van der Waals surface area contributed by atoms with Crippen molar-refractivity contribution >= 4 is 17.9 Å². The molecule has 86 valence electrons. The van der Waals surface area contributed by atoms with E-state index in [1.165, 1.54) is 0 Å². The molecule has 0 saturated carbocycles. The Balaban J connectivity index is 4.62. The minimum absolute atomic E-state index is 0.877. The molecular weight excluding hydrogens is 212 g/mol. The molecule has 0 aliphatic carbocycles. The summed E-state index contributed by atoms with van der Waals surface area (Å²) in [7, 11) is 0. The SMILES string of the molecule is O=C(O)C(O)CC(C(=O)O)C(O)C(=O)O. The molecule has 0 radical (unpaired) electrons. The van der Waals surface area contributed by atoms with Gasteiger partial charge in [-0.25, -0.2) is 9.59 Å². The van der Waals surface area contributed by atoms with Crippen molar-refractivity contribution < 1.29 is 39.9 Å². The Kier molecular flexibility index (Phi) is 4.68. The Morgan fingerprint density at radius 2 is 1.33 bits per heavy atom. The van der Waals surface area contributed by atoms with Crippen molar-refractivity contribution in [2.24, 2.45) is 5.92 Å². The van der Waals surface area contributed by atoms with Crippen LogP contribution in [0.3, 0.4) is 0 Å². The lowest BCUT2D eigenvalue weighted by atomic mass is 9.95. The summed E-state index contributed by atoms with van der Waals surface area (Å²) in [4.78, 5) is 30.9. The number of carboxylic acids is 3. The highest BCUT2D eigenvalue weighted by atomic mass is 16.4. The maximum atomic E-state index is 10.5. The fourth-order valence-corrected chi connectivity index (χ4v) is 0.878. The summed E-state index contributed by atoms with van der Waals surface area (Å²) in [6, 6.07) is 0. The molecule has 0 spiro atoms. The largest absolute Gasteiger partial charge is 0.481 e. The highest BCUT2D eigenvalue weighted by molar-refractivity contribution is 5.82. The average molecular weight is 222 g/mol. The Labute approximate surface area is 83.4 Å². The van der Waals surface area contributed by atoms with Crippen molar-refractivity contribution in [3.8, 4) is 0 Å². The summed E-state index contributed by atoms with van der Waals surface area (Å²) < 4.78 is 0. The zero-order valence-corrected chi connectivity index (χ0v) is 7.40. The maximum Gasteiger partial charge on any atom is 0.333 e. The van der Waals surface area contributed by atoms with Crippen molar-refractivity contribution in [3.05, 3.63) is 0 Å². The smallest absolute Gasteiger partial charge is 0.333 e. The Hall–Kier alpha value is -1.67. The van der Waals surface area contributed by atoms with Crippen LogP contribution in [0, 0.1) is 5.92 Å². The lowest BCUT2D eigenvalue weighted by molar-refractivity contribution is -0.163. The van der Waals surface area contributed by atoms with E-state index < -0.39 is 42.5 Å². The zero-order chi connectivity index (χ0) is 12.2. The van der Waals surface area contributed by atoms with E-state index in [1.807, 2.05) is 0 Å². The van der Waals surface area contributed by atoms with E-state index in [-0.39, 0.29) is 0 Å². The van der Waals surface area contributed by atoms with Gasteiger partial charge in [0.05, 0.1) is 5.92 Å². The number of hydrogen-bond acceptors (Lipinski definition) is 5. The van der Waals surface area contributed by atoms with Gasteiger partial charge in [-0.3, -0.25) is 4.79 Å². The van der Waals surface area contributed by atoms with Crippen molar-refractivity contribution in [1.82, 2.24) is 0 Å². The standard InChI is InChI=1S/C7H10O8/c8-3(6(12)13)1-2(5(10)11)4(9)7(14)15/h2-4,8-9H,1H2,(H,10,11)(H,12,13)(H,14,15). The Morgan fingerprint density at radius 3 is 1.60 bits per heavy atom. The number of hydrogen-bond donors (Lipinski definition) is 5. The van der Waals surface area contributed by atoms with Crippen LogP contribution in [0.5, 0.6) is 0 Å². The van der Waals surface area contributed by atoms with Crippen LogP contribution in [0.25, 0.3) is 0 Å². The third-order valence-electron chi connectivity index (χ3n) is 1.71. The molecule has 0 bridgehead atoms. The summed E-state index contributed by atoms with van der Waals surface area (Å²) in [6.07, 6.45) is -5.16. The van der Waals surface area contributed by atoms with Crippen LogP contribution in [0.1, 0.15) is 6.42 Å². The molecule has 15 heavy (non-hydrogen) atoms. The molecule has 8 heteroatoms. The third-order valence-corrected chi connectivity index (χ3v) is 1.71. The minimum atomic E-state index is -2.25. The first-order valence-electron chi connectivity index (χ1n) is 3.82. The second-order valence-electron chi connectivity index (χ2n) is 2.82. The van der Waals surface area contributed by atoms with E-state index in [4.69, 9.17) is 25.5 Å². The third kappa shape index (κ3) is 3.92.